The Balaban J connectivity index is 2.00. The van der Waals surface area contributed by atoms with Gasteiger partial charge in [0.25, 0.3) is 5.91 Å². The number of hydrogen-bond donors (Lipinski definition) is 2. The number of nitrogens with one attached hydrogen (secondary N) is 2. The molecule has 2 aromatic carbocycles. The third-order valence-corrected chi connectivity index (χ3v) is 3.34. The lowest BCUT2D eigenvalue weighted by Gasteiger charge is -2.10. The number of carbonyl (C=O) groups excluding carboxylic acids is 2. The summed E-state index contributed by atoms with van der Waals surface area (Å²) in [5.74, 6) is 0.0561. The number of rotatable bonds is 6. The molecule has 0 unspecified atom stereocenters. The van der Waals surface area contributed by atoms with E-state index in [2.05, 4.69) is 10.6 Å². The van der Waals surface area contributed by atoms with Gasteiger partial charge in [-0.25, -0.2) is 0 Å². The summed E-state index contributed by atoms with van der Waals surface area (Å²) in [5, 5.41) is 14.1. The van der Waals surface area contributed by atoms with Gasteiger partial charge in [-0.1, -0.05) is 12.1 Å². The smallest absolute Gasteiger partial charge is 0.251 e. The van der Waals surface area contributed by atoms with Crippen molar-refractivity contribution >= 4 is 17.5 Å². The molecular formula is C18H17N3O4. The van der Waals surface area contributed by atoms with E-state index in [4.69, 9.17) is 14.7 Å². The molecule has 0 spiro atoms. The maximum atomic E-state index is 12.2. The number of nitrogens with zero attached hydrogens (tertiary/aromatic N) is 1. The normalized spacial score (nSPS) is 9.64. The number of anilines is 1. The van der Waals surface area contributed by atoms with Crippen molar-refractivity contribution in [2.45, 2.75) is 0 Å². The van der Waals surface area contributed by atoms with Crippen molar-refractivity contribution in [2.75, 3.05) is 26.1 Å². The first-order valence-electron chi connectivity index (χ1n) is 7.37. The molecular weight excluding hydrogens is 322 g/mol. The topological polar surface area (TPSA) is 100 Å². The Morgan fingerprint density at radius 2 is 1.72 bits per heavy atom. The van der Waals surface area contributed by atoms with Crippen molar-refractivity contribution in [2.24, 2.45) is 0 Å². The zero-order valence-corrected chi connectivity index (χ0v) is 13.8. The Bertz CT molecular complexity index is 805. The van der Waals surface area contributed by atoms with Crippen molar-refractivity contribution in [3.05, 3.63) is 53.6 Å². The van der Waals surface area contributed by atoms with Crippen LogP contribution in [0.3, 0.4) is 0 Å². The minimum absolute atomic E-state index is 0.238. The Morgan fingerprint density at radius 3 is 2.32 bits per heavy atom. The van der Waals surface area contributed by atoms with Gasteiger partial charge in [0.05, 0.1) is 32.0 Å². The molecule has 0 aliphatic heterocycles. The first-order valence-corrected chi connectivity index (χ1v) is 7.37. The molecule has 0 bridgehead atoms. The minimum Gasteiger partial charge on any atom is -0.497 e. The van der Waals surface area contributed by atoms with E-state index in [1.807, 2.05) is 6.07 Å². The van der Waals surface area contributed by atoms with Crippen LogP contribution in [0.5, 0.6) is 11.5 Å². The summed E-state index contributed by atoms with van der Waals surface area (Å²) >= 11 is 0. The van der Waals surface area contributed by atoms with E-state index in [9.17, 15) is 9.59 Å². The van der Waals surface area contributed by atoms with Crippen LogP contribution >= 0.6 is 0 Å². The molecule has 0 aliphatic rings. The van der Waals surface area contributed by atoms with Crippen molar-refractivity contribution < 1.29 is 19.1 Å². The molecule has 2 aromatic rings. The van der Waals surface area contributed by atoms with Crippen LogP contribution in [0.2, 0.25) is 0 Å². The summed E-state index contributed by atoms with van der Waals surface area (Å²) in [4.78, 5) is 24.2. The molecule has 128 valence electrons. The Labute approximate surface area is 145 Å². The number of carbonyl (C=O) groups is 2. The average Bonchev–Trinajstić information content (AvgIpc) is 2.65. The Hall–Kier alpha value is -3.53. The highest BCUT2D eigenvalue weighted by molar-refractivity contribution is 6.00. The zero-order valence-electron chi connectivity index (χ0n) is 13.8. The number of hydrogen-bond acceptors (Lipinski definition) is 5. The minimum atomic E-state index is -0.444. The summed E-state index contributed by atoms with van der Waals surface area (Å²) in [6.45, 7) is -0.238. The number of para-hydroxylation sites is 1. The van der Waals surface area contributed by atoms with Gasteiger partial charge in [-0.3, -0.25) is 9.59 Å². The van der Waals surface area contributed by atoms with Crippen LogP contribution in [0.25, 0.3) is 0 Å². The molecule has 7 heteroatoms. The van der Waals surface area contributed by atoms with Crippen LogP contribution in [-0.2, 0) is 4.79 Å². The van der Waals surface area contributed by atoms with E-state index in [0.717, 1.165) is 0 Å². The highest BCUT2D eigenvalue weighted by Gasteiger charge is 2.12. The molecule has 0 saturated carbocycles. The molecule has 0 fully saturated rings. The van der Waals surface area contributed by atoms with E-state index < -0.39 is 11.8 Å². The van der Waals surface area contributed by atoms with Gasteiger partial charge in [0.15, 0.2) is 0 Å². The van der Waals surface area contributed by atoms with Crippen LogP contribution in [0.4, 0.5) is 5.69 Å². The van der Waals surface area contributed by atoms with Crippen LogP contribution in [0, 0.1) is 11.3 Å². The number of amides is 2. The fraction of sp³-hybridized carbons (Fsp3) is 0.167. The van der Waals surface area contributed by atoms with E-state index in [1.165, 1.54) is 14.2 Å². The molecule has 0 radical (unpaired) electrons. The predicted molar refractivity (Wildman–Crippen MR) is 91.7 cm³/mol. The molecule has 0 atom stereocenters. The van der Waals surface area contributed by atoms with Gasteiger partial charge in [-0.05, 0) is 24.3 Å². The Morgan fingerprint density at radius 1 is 1.08 bits per heavy atom. The van der Waals surface area contributed by atoms with Gasteiger partial charge >= 0.3 is 0 Å². The lowest BCUT2D eigenvalue weighted by molar-refractivity contribution is -0.115. The van der Waals surface area contributed by atoms with Crippen molar-refractivity contribution in [1.29, 1.82) is 5.26 Å². The number of benzene rings is 2. The molecule has 2 rings (SSSR count). The van der Waals surface area contributed by atoms with E-state index in [1.54, 1.807) is 42.5 Å². The highest BCUT2D eigenvalue weighted by atomic mass is 16.5. The zero-order chi connectivity index (χ0) is 18.2. The maximum absolute atomic E-state index is 12.2. The lowest BCUT2D eigenvalue weighted by Crippen LogP contribution is -2.33. The van der Waals surface area contributed by atoms with Gasteiger partial charge in [-0.2, -0.15) is 5.26 Å². The fourth-order valence-electron chi connectivity index (χ4n) is 2.09. The summed E-state index contributed by atoms with van der Waals surface area (Å²) < 4.78 is 10.2. The molecule has 25 heavy (non-hydrogen) atoms. The van der Waals surface area contributed by atoms with Crippen molar-refractivity contribution in [3.8, 4) is 17.6 Å². The standard InChI is InChI=1S/C18H17N3O4/c1-24-14-7-13(8-15(9-14)25-2)18(23)20-11-17(22)21-16-6-4-3-5-12(16)10-19/h3-9H,11H2,1-2H3,(H,20,23)(H,21,22). The molecule has 0 heterocycles. The summed E-state index contributed by atoms with van der Waals surface area (Å²) in [6.07, 6.45) is 0. The number of ether oxygens (including phenoxy) is 2. The third-order valence-electron chi connectivity index (χ3n) is 3.34. The van der Waals surface area contributed by atoms with Gasteiger partial charge in [0.1, 0.15) is 17.6 Å². The summed E-state index contributed by atoms with van der Waals surface area (Å²) in [7, 11) is 2.97. The first-order chi connectivity index (χ1) is 12.1. The fourth-order valence-corrected chi connectivity index (χ4v) is 2.09. The van der Waals surface area contributed by atoms with E-state index >= 15 is 0 Å². The SMILES string of the molecule is COc1cc(OC)cc(C(=O)NCC(=O)Nc2ccccc2C#N)c1. The largest absolute Gasteiger partial charge is 0.497 e. The van der Waals surface area contributed by atoms with E-state index in [0.29, 0.717) is 28.3 Å². The van der Waals surface area contributed by atoms with Crippen LogP contribution in [0.1, 0.15) is 15.9 Å². The molecule has 0 aliphatic carbocycles. The van der Waals surface area contributed by atoms with Gasteiger partial charge in [-0.15, -0.1) is 0 Å². The number of methoxy groups -OCH3 is 2. The van der Waals surface area contributed by atoms with Gasteiger partial charge in [0.2, 0.25) is 5.91 Å². The lowest BCUT2D eigenvalue weighted by atomic mass is 10.2. The first kappa shape index (κ1) is 17.8. The molecule has 7 nitrogen and oxygen atoms in total. The van der Waals surface area contributed by atoms with Crippen LogP contribution < -0.4 is 20.1 Å². The average molecular weight is 339 g/mol. The summed E-state index contributed by atoms with van der Waals surface area (Å²) in [6, 6.07) is 13.3. The van der Waals surface area contributed by atoms with Crippen LogP contribution in [0.15, 0.2) is 42.5 Å². The second-order valence-corrected chi connectivity index (χ2v) is 4.99. The summed E-state index contributed by atoms with van der Waals surface area (Å²) in [5.41, 5.74) is 1.05. The maximum Gasteiger partial charge on any atom is 0.251 e. The molecule has 0 saturated heterocycles. The predicted octanol–water partition coefficient (Wildman–Crippen LogP) is 1.94. The van der Waals surface area contributed by atoms with Crippen molar-refractivity contribution in [3.63, 3.8) is 0 Å². The van der Waals surface area contributed by atoms with Gasteiger partial charge in [0, 0.05) is 11.6 Å². The highest BCUT2D eigenvalue weighted by Crippen LogP contribution is 2.22. The second-order valence-electron chi connectivity index (χ2n) is 4.99. The third kappa shape index (κ3) is 4.72. The van der Waals surface area contributed by atoms with E-state index in [-0.39, 0.29) is 6.54 Å². The molecule has 2 N–H and O–H groups in total. The van der Waals surface area contributed by atoms with Crippen molar-refractivity contribution in [1.82, 2.24) is 5.32 Å². The van der Waals surface area contributed by atoms with Crippen LogP contribution in [-0.4, -0.2) is 32.6 Å². The Kier molecular flexibility index (Phi) is 5.96. The molecule has 0 aromatic heterocycles. The number of nitriles is 1. The monoisotopic (exact) mass is 339 g/mol. The van der Waals surface area contributed by atoms with Gasteiger partial charge < -0.3 is 20.1 Å². The quantitative estimate of drug-likeness (QED) is 0.838. The second kappa shape index (κ2) is 8.36. The molecule has 2 amide bonds.